The number of benzene rings is 1. The van der Waals surface area contributed by atoms with Crippen LogP contribution in [0.4, 0.5) is 13.9 Å². The molecule has 3 heterocycles. The molecule has 10 heteroatoms. The highest BCUT2D eigenvalue weighted by atomic mass is 32.1. The maximum atomic E-state index is 14.1. The Morgan fingerprint density at radius 3 is 2.97 bits per heavy atom. The summed E-state index contributed by atoms with van der Waals surface area (Å²) < 4.78 is 28.3. The van der Waals surface area contributed by atoms with Gasteiger partial charge in [-0.2, -0.15) is 8.91 Å². The first-order valence-electron chi connectivity index (χ1n) is 9.35. The van der Waals surface area contributed by atoms with Gasteiger partial charge in [-0.15, -0.1) is 5.10 Å². The molecule has 4 rings (SSSR count). The summed E-state index contributed by atoms with van der Waals surface area (Å²) in [6, 6.07) is 5.59. The molecule has 1 aromatic carbocycles. The molecule has 7 nitrogen and oxygen atoms in total. The molecule has 152 valence electrons. The fraction of sp³-hybridized carbons (Fsp3) is 0.368. The molecule has 1 atom stereocenters. The van der Waals surface area contributed by atoms with Crippen molar-refractivity contribution in [2.75, 3.05) is 11.4 Å². The van der Waals surface area contributed by atoms with E-state index >= 15 is 0 Å². The van der Waals surface area contributed by atoms with Crippen LogP contribution in [0.25, 0.3) is 4.96 Å². The molecular weight excluding hydrogens is 400 g/mol. The molecule has 1 fully saturated rings. The fourth-order valence-electron chi connectivity index (χ4n) is 3.43. The second-order valence-corrected chi connectivity index (χ2v) is 7.74. The number of rotatable bonds is 5. The minimum absolute atomic E-state index is 0.107. The van der Waals surface area contributed by atoms with E-state index in [-0.39, 0.29) is 24.0 Å². The molecule has 29 heavy (non-hydrogen) atoms. The molecule has 0 bridgehead atoms. The Morgan fingerprint density at radius 1 is 1.38 bits per heavy atom. The van der Waals surface area contributed by atoms with E-state index in [4.69, 9.17) is 0 Å². The summed E-state index contributed by atoms with van der Waals surface area (Å²) in [7, 11) is 0. The molecule has 1 saturated heterocycles. The van der Waals surface area contributed by atoms with E-state index in [1.807, 2.05) is 4.90 Å². The average Bonchev–Trinajstić information content (AvgIpc) is 3.36. The van der Waals surface area contributed by atoms with E-state index in [1.54, 1.807) is 19.1 Å². The first-order valence-corrected chi connectivity index (χ1v) is 10.2. The Hall–Kier alpha value is -2.88. The molecule has 1 aliphatic heterocycles. The zero-order valence-electron chi connectivity index (χ0n) is 15.7. The average molecular weight is 419 g/mol. The number of carbonyl (C=O) groups excluding carboxylic acids is 1. The van der Waals surface area contributed by atoms with Crippen molar-refractivity contribution in [1.82, 2.24) is 19.9 Å². The third kappa shape index (κ3) is 3.71. The summed E-state index contributed by atoms with van der Waals surface area (Å²) in [5, 5.41) is 7.49. The van der Waals surface area contributed by atoms with Crippen LogP contribution in [0.5, 0.6) is 0 Å². The topological polar surface area (TPSA) is 79.6 Å². The van der Waals surface area contributed by atoms with Crippen LogP contribution in [0.3, 0.4) is 0 Å². The first-order chi connectivity index (χ1) is 14.0. The fourth-order valence-corrected chi connectivity index (χ4v) is 4.42. The second kappa shape index (κ2) is 7.86. The van der Waals surface area contributed by atoms with Gasteiger partial charge in [0.2, 0.25) is 21.8 Å². The lowest BCUT2D eigenvalue weighted by Gasteiger charge is -2.22. The Balaban J connectivity index is 1.55. The lowest BCUT2D eigenvalue weighted by molar-refractivity contribution is -0.122. The van der Waals surface area contributed by atoms with Crippen LogP contribution in [-0.2, 0) is 17.8 Å². The highest BCUT2D eigenvalue weighted by Gasteiger charge is 2.33. The van der Waals surface area contributed by atoms with Crippen LogP contribution in [0.2, 0.25) is 0 Å². The third-order valence-corrected chi connectivity index (χ3v) is 5.85. The number of nitrogens with zero attached hydrogens (tertiary/aromatic N) is 4. The van der Waals surface area contributed by atoms with Gasteiger partial charge in [0.05, 0.1) is 5.69 Å². The van der Waals surface area contributed by atoms with E-state index in [0.29, 0.717) is 35.0 Å². The molecule has 3 aromatic rings. The van der Waals surface area contributed by atoms with Crippen LogP contribution < -0.4 is 15.8 Å². The molecule has 1 N–H and O–H groups in total. The highest BCUT2D eigenvalue weighted by molar-refractivity contribution is 7.20. The van der Waals surface area contributed by atoms with E-state index in [2.05, 4.69) is 15.4 Å². The zero-order valence-corrected chi connectivity index (χ0v) is 16.5. The van der Waals surface area contributed by atoms with E-state index in [9.17, 15) is 18.4 Å². The lowest BCUT2D eigenvalue weighted by Crippen LogP contribution is -2.43. The van der Waals surface area contributed by atoms with Crippen LogP contribution in [-0.4, -0.2) is 33.1 Å². The number of carbonyl (C=O) groups is 1. The first kappa shape index (κ1) is 19.4. The maximum absolute atomic E-state index is 14.1. The van der Waals surface area contributed by atoms with Crippen molar-refractivity contribution >= 4 is 27.3 Å². The van der Waals surface area contributed by atoms with Crippen molar-refractivity contribution in [3.05, 3.63) is 57.5 Å². The SMILES string of the molecule is CCc1nc2sc(N3CCCC3C(=O)NCc3cccc(F)c3)nn2c(=O)c1F. The van der Waals surface area contributed by atoms with Gasteiger partial charge in [0.1, 0.15) is 11.9 Å². The van der Waals surface area contributed by atoms with Gasteiger partial charge in [0, 0.05) is 13.1 Å². The molecule has 0 radical (unpaired) electrons. The van der Waals surface area contributed by atoms with Gasteiger partial charge in [-0.25, -0.2) is 9.37 Å². The molecule has 0 aliphatic carbocycles. The largest absolute Gasteiger partial charge is 0.350 e. The Bertz CT molecular complexity index is 1130. The quantitative estimate of drug-likeness (QED) is 0.686. The van der Waals surface area contributed by atoms with Crippen LogP contribution in [0.15, 0.2) is 29.1 Å². The van der Waals surface area contributed by atoms with E-state index in [1.165, 1.54) is 12.1 Å². The predicted molar refractivity (Wildman–Crippen MR) is 105 cm³/mol. The molecule has 0 spiro atoms. The number of anilines is 1. The summed E-state index contributed by atoms with van der Waals surface area (Å²) >= 11 is 1.15. The lowest BCUT2D eigenvalue weighted by atomic mass is 10.2. The van der Waals surface area contributed by atoms with Gasteiger partial charge in [-0.1, -0.05) is 30.4 Å². The van der Waals surface area contributed by atoms with Gasteiger partial charge in [0.15, 0.2) is 0 Å². The van der Waals surface area contributed by atoms with Crippen LogP contribution in [0.1, 0.15) is 31.0 Å². The number of aryl methyl sites for hydroxylation is 1. The van der Waals surface area contributed by atoms with Gasteiger partial charge in [-0.05, 0) is 37.0 Å². The van der Waals surface area contributed by atoms with Gasteiger partial charge in [-0.3, -0.25) is 9.59 Å². The Kier molecular flexibility index (Phi) is 5.27. The van der Waals surface area contributed by atoms with E-state index < -0.39 is 17.4 Å². The number of halogens is 2. The number of nitrogens with one attached hydrogen (secondary N) is 1. The summed E-state index contributed by atoms with van der Waals surface area (Å²) in [5.41, 5.74) is -0.0575. The molecule has 2 aromatic heterocycles. The molecular formula is C19H19F2N5O2S. The normalized spacial score (nSPS) is 16.5. The van der Waals surface area contributed by atoms with Crippen molar-refractivity contribution in [2.24, 2.45) is 0 Å². The zero-order chi connectivity index (χ0) is 20.5. The molecule has 1 unspecified atom stereocenters. The smallest absolute Gasteiger partial charge is 0.311 e. The van der Waals surface area contributed by atoms with Gasteiger partial charge >= 0.3 is 5.56 Å². The predicted octanol–water partition coefficient (Wildman–Crippen LogP) is 2.28. The van der Waals surface area contributed by atoms with Crippen LogP contribution in [0, 0.1) is 11.6 Å². The highest BCUT2D eigenvalue weighted by Crippen LogP contribution is 2.29. The van der Waals surface area contributed by atoms with Crippen molar-refractivity contribution in [2.45, 2.75) is 38.8 Å². The Morgan fingerprint density at radius 2 is 2.21 bits per heavy atom. The van der Waals surface area contributed by atoms with Crippen molar-refractivity contribution in [3.63, 3.8) is 0 Å². The molecule has 1 aliphatic rings. The van der Waals surface area contributed by atoms with Crippen molar-refractivity contribution < 1.29 is 13.6 Å². The van der Waals surface area contributed by atoms with Crippen LogP contribution >= 0.6 is 11.3 Å². The monoisotopic (exact) mass is 419 g/mol. The summed E-state index contributed by atoms with van der Waals surface area (Å²) in [6.45, 7) is 2.53. The maximum Gasteiger partial charge on any atom is 0.311 e. The van der Waals surface area contributed by atoms with Crippen molar-refractivity contribution in [1.29, 1.82) is 0 Å². The van der Waals surface area contributed by atoms with E-state index in [0.717, 1.165) is 22.3 Å². The summed E-state index contributed by atoms with van der Waals surface area (Å²) in [6.07, 6.45) is 1.71. The number of aromatic nitrogens is 3. The third-order valence-electron chi connectivity index (χ3n) is 4.91. The minimum atomic E-state index is -0.896. The standard InChI is InChI=1S/C19H19F2N5O2S/c1-2-13-15(21)17(28)26-18(23-13)29-19(24-26)25-8-4-7-14(25)16(27)22-10-11-5-3-6-12(20)9-11/h3,5-6,9,14H,2,4,7-8,10H2,1H3,(H,22,27). The number of fused-ring (bicyclic) bond motifs is 1. The minimum Gasteiger partial charge on any atom is -0.350 e. The second-order valence-electron chi connectivity index (χ2n) is 6.81. The number of hydrogen-bond donors (Lipinski definition) is 1. The van der Waals surface area contributed by atoms with Gasteiger partial charge in [0.25, 0.3) is 0 Å². The summed E-state index contributed by atoms with van der Waals surface area (Å²) in [4.78, 5) is 31.2. The number of amides is 1. The summed E-state index contributed by atoms with van der Waals surface area (Å²) in [5.74, 6) is -1.45. The molecule has 0 saturated carbocycles. The number of hydrogen-bond acceptors (Lipinski definition) is 6. The molecule has 1 amide bonds. The Labute approximate surface area is 169 Å². The van der Waals surface area contributed by atoms with Crippen molar-refractivity contribution in [3.8, 4) is 0 Å². The van der Waals surface area contributed by atoms with Gasteiger partial charge < -0.3 is 10.2 Å².